The molecular formula is C21H22FN3O3. The smallest absolute Gasteiger partial charge is 0.253 e. The van der Waals surface area contributed by atoms with Crippen molar-refractivity contribution in [3.05, 3.63) is 71.0 Å². The van der Waals surface area contributed by atoms with Crippen molar-refractivity contribution < 1.29 is 18.8 Å². The molecule has 0 spiro atoms. The summed E-state index contributed by atoms with van der Waals surface area (Å²) in [4.78, 5) is 39.6. The molecule has 1 saturated heterocycles. The van der Waals surface area contributed by atoms with Crippen molar-refractivity contribution in [1.82, 2.24) is 15.1 Å². The fraction of sp³-hybridized carbons (Fsp3) is 0.286. The number of hydrogen-bond donors (Lipinski definition) is 1. The summed E-state index contributed by atoms with van der Waals surface area (Å²) in [5.74, 6) is -0.815. The van der Waals surface area contributed by atoms with E-state index >= 15 is 0 Å². The first-order chi connectivity index (χ1) is 13.5. The maximum Gasteiger partial charge on any atom is 0.253 e. The van der Waals surface area contributed by atoms with E-state index in [1.54, 1.807) is 52.3 Å². The van der Waals surface area contributed by atoms with Crippen LogP contribution in [0.1, 0.15) is 33.2 Å². The first-order valence-corrected chi connectivity index (χ1v) is 9.12. The minimum absolute atomic E-state index is 0.0119. The molecule has 3 amide bonds. The minimum atomic E-state index is -0.367. The predicted molar refractivity (Wildman–Crippen MR) is 102 cm³/mol. The third-order valence-electron chi connectivity index (χ3n) is 4.80. The van der Waals surface area contributed by atoms with Crippen LogP contribution in [0.25, 0.3) is 0 Å². The van der Waals surface area contributed by atoms with E-state index in [4.69, 9.17) is 0 Å². The predicted octanol–water partition coefficient (Wildman–Crippen LogP) is 2.06. The van der Waals surface area contributed by atoms with Gasteiger partial charge in [0, 0.05) is 56.3 Å². The van der Waals surface area contributed by atoms with Crippen molar-refractivity contribution in [2.24, 2.45) is 0 Å². The highest BCUT2D eigenvalue weighted by atomic mass is 19.1. The molecule has 6 nitrogen and oxygen atoms in total. The lowest BCUT2D eigenvalue weighted by molar-refractivity contribution is -0.130. The first-order valence-electron chi connectivity index (χ1n) is 9.12. The molecule has 1 heterocycles. The molecule has 3 rings (SSSR count). The Balaban J connectivity index is 1.57. The fourth-order valence-corrected chi connectivity index (χ4v) is 3.09. The number of carbonyl (C=O) groups excluding carboxylic acids is 3. The van der Waals surface area contributed by atoms with E-state index in [0.29, 0.717) is 42.9 Å². The molecule has 1 N–H and O–H groups in total. The molecule has 146 valence electrons. The van der Waals surface area contributed by atoms with Gasteiger partial charge in [-0.05, 0) is 30.3 Å². The molecule has 0 aliphatic carbocycles. The molecule has 0 unspecified atom stereocenters. The van der Waals surface area contributed by atoms with Crippen molar-refractivity contribution >= 4 is 17.7 Å². The van der Waals surface area contributed by atoms with Crippen LogP contribution in [0.4, 0.5) is 4.39 Å². The highest BCUT2D eigenvalue weighted by molar-refractivity contribution is 5.97. The number of halogens is 1. The van der Waals surface area contributed by atoms with Gasteiger partial charge >= 0.3 is 0 Å². The Labute approximate surface area is 162 Å². The summed E-state index contributed by atoms with van der Waals surface area (Å²) in [6.07, 6.45) is 0. The number of nitrogens with one attached hydrogen (secondary N) is 1. The van der Waals surface area contributed by atoms with Gasteiger partial charge in [0.2, 0.25) is 5.91 Å². The molecule has 0 aromatic heterocycles. The monoisotopic (exact) mass is 383 g/mol. The van der Waals surface area contributed by atoms with E-state index in [2.05, 4.69) is 5.32 Å². The largest absolute Gasteiger partial charge is 0.348 e. The van der Waals surface area contributed by atoms with Gasteiger partial charge < -0.3 is 15.1 Å². The first kappa shape index (κ1) is 19.5. The van der Waals surface area contributed by atoms with Gasteiger partial charge in [0.15, 0.2) is 0 Å². The number of piperazine rings is 1. The Bertz CT molecular complexity index is 875. The van der Waals surface area contributed by atoms with Gasteiger partial charge in [-0.3, -0.25) is 14.4 Å². The van der Waals surface area contributed by atoms with Gasteiger partial charge in [0.25, 0.3) is 11.8 Å². The second kappa shape index (κ2) is 8.65. The zero-order chi connectivity index (χ0) is 20.1. The summed E-state index contributed by atoms with van der Waals surface area (Å²) in [5, 5.41) is 2.67. The van der Waals surface area contributed by atoms with Gasteiger partial charge in [0.1, 0.15) is 5.82 Å². The van der Waals surface area contributed by atoms with Crippen LogP contribution in [-0.4, -0.2) is 53.7 Å². The van der Waals surface area contributed by atoms with Crippen LogP contribution in [0.3, 0.4) is 0 Å². The van der Waals surface area contributed by atoms with E-state index in [1.165, 1.54) is 13.0 Å². The molecule has 7 heteroatoms. The van der Waals surface area contributed by atoms with Crippen molar-refractivity contribution in [1.29, 1.82) is 0 Å². The second-order valence-corrected chi connectivity index (χ2v) is 6.65. The van der Waals surface area contributed by atoms with Crippen molar-refractivity contribution in [3.8, 4) is 0 Å². The van der Waals surface area contributed by atoms with E-state index < -0.39 is 0 Å². The Hall–Kier alpha value is -3.22. The summed E-state index contributed by atoms with van der Waals surface area (Å²) in [6.45, 7) is 3.64. The van der Waals surface area contributed by atoms with Gasteiger partial charge in [-0.1, -0.05) is 18.2 Å². The molecule has 2 aromatic rings. The Morgan fingerprint density at radius 3 is 2.07 bits per heavy atom. The Morgan fingerprint density at radius 2 is 1.46 bits per heavy atom. The van der Waals surface area contributed by atoms with E-state index in [1.807, 2.05) is 0 Å². The molecule has 1 fully saturated rings. The molecular weight excluding hydrogens is 361 g/mol. The molecule has 0 atom stereocenters. The SMILES string of the molecule is CC(=O)N1CCN(C(=O)c2ccc(C(=O)NCc3ccccc3F)cc2)CC1. The van der Waals surface area contributed by atoms with Gasteiger partial charge in [0.05, 0.1) is 0 Å². The maximum absolute atomic E-state index is 13.6. The number of rotatable bonds is 4. The molecule has 1 aliphatic rings. The Kier molecular flexibility index (Phi) is 6.03. The van der Waals surface area contributed by atoms with Gasteiger partial charge in [-0.15, -0.1) is 0 Å². The second-order valence-electron chi connectivity index (χ2n) is 6.65. The normalized spacial score (nSPS) is 13.9. The molecule has 0 saturated carbocycles. The van der Waals surface area contributed by atoms with Crippen LogP contribution < -0.4 is 5.32 Å². The van der Waals surface area contributed by atoms with Crippen LogP contribution in [0.5, 0.6) is 0 Å². The van der Waals surface area contributed by atoms with Gasteiger partial charge in [-0.2, -0.15) is 0 Å². The van der Waals surface area contributed by atoms with E-state index in [0.717, 1.165) is 0 Å². The minimum Gasteiger partial charge on any atom is -0.348 e. The lowest BCUT2D eigenvalue weighted by Gasteiger charge is -2.34. The lowest BCUT2D eigenvalue weighted by Crippen LogP contribution is -2.50. The average Bonchev–Trinajstić information content (AvgIpc) is 2.72. The molecule has 2 aromatic carbocycles. The molecule has 28 heavy (non-hydrogen) atoms. The number of amides is 3. The fourth-order valence-electron chi connectivity index (χ4n) is 3.09. The topological polar surface area (TPSA) is 69.7 Å². The van der Waals surface area contributed by atoms with E-state index in [9.17, 15) is 18.8 Å². The standard InChI is InChI=1S/C21H22FN3O3/c1-15(26)24-10-12-25(13-11-24)21(28)17-8-6-16(7-9-17)20(27)23-14-18-4-2-3-5-19(18)22/h2-9H,10-14H2,1H3,(H,23,27). The van der Waals surface area contributed by atoms with Crippen LogP contribution in [-0.2, 0) is 11.3 Å². The third-order valence-corrected chi connectivity index (χ3v) is 4.80. The molecule has 0 bridgehead atoms. The number of benzene rings is 2. The number of hydrogen-bond acceptors (Lipinski definition) is 3. The summed E-state index contributed by atoms with van der Waals surface area (Å²) in [7, 11) is 0. The zero-order valence-corrected chi connectivity index (χ0v) is 15.7. The van der Waals surface area contributed by atoms with Crippen LogP contribution in [0, 0.1) is 5.82 Å². The summed E-state index contributed by atoms with van der Waals surface area (Å²) in [5.41, 5.74) is 1.29. The summed E-state index contributed by atoms with van der Waals surface area (Å²) in [6, 6.07) is 12.6. The quantitative estimate of drug-likeness (QED) is 0.879. The van der Waals surface area contributed by atoms with E-state index in [-0.39, 0.29) is 30.1 Å². The highest BCUT2D eigenvalue weighted by Crippen LogP contribution is 2.12. The molecule has 0 radical (unpaired) electrons. The van der Waals surface area contributed by atoms with Crippen molar-refractivity contribution in [2.45, 2.75) is 13.5 Å². The van der Waals surface area contributed by atoms with Crippen LogP contribution in [0.2, 0.25) is 0 Å². The zero-order valence-electron chi connectivity index (χ0n) is 15.7. The maximum atomic E-state index is 13.6. The summed E-state index contributed by atoms with van der Waals surface area (Å²) >= 11 is 0. The number of carbonyl (C=O) groups is 3. The van der Waals surface area contributed by atoms with Gasteiger partial charge in [-0.25, -0.2) is 4.39 Å². The number of nitrogens with zero attached hydrogens (tertiary/aromatic N) is 2. The van der Waals surface area contributed by atoms with Crippen molar-refractivity contribution in [3.63, 3.8) is 0 Å². The Morgan fingerprint density at radius 1 is 0.893 bits per heavy atom. The van der Waals surface area contributed by atoms with Crippen LogP contribution >= 0.6 is 0 Å². The highest BCUT2D eigenvalue weighted by Gasteiger charge is 2.23. The summed E-state index contributed by atoms with van der Waals surface area (Å²) < 4.78 is 13.6. The molecule has 1 aliphatic heterocycles. The van der Waals surface area contributed by atoms with Crippen molar-refractivity contribution in [2.75, 3.05) is 26.2 Å². The third kappa shape index (κ3) is 4.54. The van der Waals surface area contributed by atoms with Crippen LogP contribution in [0.15, 0.2) is 48.5 Å². The lowest BCUT2D eigenvalue weighted by atomic mass is 10.1. The average molecular weight is 383 g/mol.